The van der Waals surface area contributed by atoms with Crippen molar-refractivity contribution < 1.29 is 0 Å². The lowest BCUT2D eigenvalue weighted by atomic mass is 10.0. The molecule has 1 aromatic carbocycles. The molecule has 0 fully saturated rings. The van der Waals surface area contributed by atoms with Crippen molar-refractivity contribution in [3.05, 3.63) is 35.4 Å². The fourth-order valence-electron chi connectivity index (χ4n) is 2.12. The molecule has 1 nitrogen and oxygen atoms in total. The zero-order valence-corrected chi connectivity index (χ0v) is 10.9. The normalized spacial score (nSPS) is 12.7. The molecule has 0 aliphatic rings. The van der Waals surface area contributed by atoms with Gasteiger partial charge in [0.2, 0.25) is 0 Å². The summed E-state index contributed by atoms with van der Waals surface area (Å²) in [5.74, 6) is 0. The predicted octanol–water partition coefficient (Wildman–Crippen LogP) is 3.57. The van der Waals surface area contributed by atoms with Gasteiger partial charge >= 0.3 is 0 Å². The highest BCUT2D eigenvalue weighted by atomic mass is 14.9. The number of rotatable bonds is 7. The van der Waals surface area contributed by atoms with E-state index in [-0.39, 0.29) is 0 Å². The van der Waals surface area contributed by atoms with Gasteiger partial charge in [0.05, 0.1) is 0 Å². The monoisotopic (exact) mass is 219 g/mol. The van der Waals surface area contributed by atoms with Crippen LogP contribution in [0.4, 0.5) is 0 Å². The second kappa shape index (κ2) is 7.45. The largest absolute Gasteiger partial charge is 0.317 e. The van der Waals surface area contributed by atoms with Crippen LogP contribution in [-0.4, -0.2) is 13.1 Å². The molecule has 1 aromatic rings. The van der Waals surface area contributed by atoms with Crippen LogP contribution in [0, 0.1) is 0 Å². The second-order valence-corrected chi connectivity index (χ2v) is 4.50. The zero-order chi connectivity index (χ0) is 11.8. The molecule has 0 aliphatic carbocycles. The van der Waals surface area contributed by atoms with Gasteiger partial charge in [0.1, 0.15) is 0 Å². The van der Waals surface area contributed by atoms with Gasteiger partial charge in [-0.1, -0.05) is 44.5 Å². The molecule has 0 spiro atoms. The highest BCUT2D eigenvalue weighted by Crippen LogP contribution is 2.11. The second-order valence-electron chi connectivity index (χ2n) is 4.50. The summed E-state index contributed by atoms with van der Waals surface area (Å²) in [7, 11) is 2.06. The Morgan fingerprint density at radius 1 is 1.12 bits per heavy atom. The topological polar surface area (TPSA) is 12.0 Å². The minimum Gasteiger partial charge on any atom is -0.317 e. The third-order valence-corrected chi connectivity index (χ3v) is 3.21. The molecule has 90 valence electrons. The van der Waals surface area contributed by atoms with Crippen molar-refractivity contribution in [2.75, 3.05) is 7.05 Å². The van der Waals surface area contributed by atoms with Gasteiger partial charge in [-0.05, 0) is 43.9 Å². The molecule has 1 rings (SSSR count). The molecular weight excluding hydrogens is 194 g/mol. The van der Waals surface area contributed by atoms with E-state index in [0.717, 1.165) is 0 Å². The Morgan fingerprint density at radius 2 is 1.81 bits per heavy atom. The van der Waals surface area contributed by atoms with Crippen LogP contribution in [0.25, 0.3) is 0 Å². The Hall–Kier alpha value is -0.820. The molecule has 1 unspecified atom stereocenters. The Kier molecular flexibility index (Phi) is 6.17. The van der Waals surface area contributed by atoms with Crippen LogP contribution in [0.3, 0.4) is 0 Å². The lowest BCUT2D eigenvalue weighted by molar-refractivity contribution is 0.509. The highest BCUT2D eigenvalue weighted by molar-refractivity contribution is 5.23. The zero-order valence-electron chi connectivity index (χ0n) is 10.9. The standard InChI is InChI=1S/C15H25N/c1-4-7-13-8-6-9-14(12-13)10-11-15(5-2)16-3/h6,8-9,12,15-16H,4-5,7,10-11H2,1-3H3. The van der Waals surface area contributed by atoms with Gasteiger partial charge in [-0.25, -0.2) is 0 Å². The summed E-state index contributed by atoms with van der Waals surface area (Å²) in [5.41, 5.74) is 2.97. The summed E-state index contributed by atoms with van der Waals surface area (Å²) < 4.78 is 0. The molecule has 0 amide bonds. The fraction of sp³-hybridized carbons (Fsp3) is 0.600. The average Bonchev–Trinajstić information content (AvgIpc) is 2.31. The average molecular weight is 219 g/mol. The van der Waals surface area contributed by atoms with Gasteiger partial charge in [-0.2, -0.15) is 0 Å². The van der Waals surface area contributed by atoms with Crippen molar-refractivity contribution in [3.63, 3.8) is 0 Å². The van der Waals surface area contributed by atoms with Crippen molar-refractivity contribution >= 4 is 0 Å². The van der Waals surface area contributed by atoms with Crippen LogP contribution in [0.2, 0.25) is 0 Å². The van der Waals surface area contributed by atoms with E-state index < -0.39 is 0 Å². The molecule has 0 aliphatic heterocycles. The van der Waals surface area contributed by atoms with Gasteiger partial charge in [0.25, 0.3) is 0 Å². The molecule has 0 saturated heterocycles. The summed E-state index contributed by atoms with van der Waals surface area (Å²) in [6.45, 7) is 4.48. The van der Waals surface area contributed by atoms with Crippen LogP contribution >= 0.6 is 0 Å². The molecule has 0 aromatic heterocycles. The van der Waals surface area contributed by atoms with Gasteiger partial charge in [-0.15, -0.1) is 0 Å². The smallest absolute Gasteiger partial charge is 0.00646 e. The van der Waals surface area contributed by atoms with E-state index >= 15 is 0 Å². The first-order valence-corrected chi connectivity index (χ1v) is 6.55. The minimum atomic E-state index is 0.662. The van der Waals surface area contributed by atoms with Crippen LogP contribution < -0.4 is 5.32 Å². The fourth-order valence-corrected chi connectivity index (χ4v) is 2.12. The molecule has 1 heteroatoms. The lowest BCUT2D eigenvalue weighted by Crippen LogP contribution is -2.24. The number of nitrogens with one attached hydrogen (secondary N) is 1. The molecule has 1 atom stereocenters. The van der Waals surface area contributed by atoms with Gasteiger partial charge < -0.3 is 5.32 Å². The number of benzene rings is 1. The maximum atomic E-state index is 3.36. The Bertz CT molecular complexity index is 289. The molecule has 0 heterocycles. The maximum absolute atomic E-state index is 3.36. The third kappa shape index (κ3) is 4.36. The van der Waals surface area contributed by atoms with E-state index in [0.29, 0.717) is 6.04 Å². The minimum absolute atomic E-state index is 0.662. The first kappa shape index (κ1) is 13.2. The molecule has 0 saturated carbocycles. The number of aryl methyl sites for hydroxylation is 2. The van der Waals surface area contributed by atoms with Crippen molar-refractivity contribution in [2.45, 2.75) is 52.0 Å². The Balaban J connectivity index is 2.49. The molecule has 0 radical (unpaired) electrons. The molecule has 1 N–H and O–H groups in total. The Labute approximate surface area is 100 Å². The first-order valence-electron chi connectivity index (χ1n) is 6.55. The summed E-state index contributed by atoms with van der Waals surface area (Å²) in [4.78, 5) is 0. The third-order valence-electron chi connectivity index (χ3n) is 3.21. The van der Waals surface area contributed by atoms with Crippen molar-refractivity contribution in [1.82, 2.24) is 5.32 Å². The van der Waals surface area contributed by atoms with Gasteiger partial charge in [-0.3, -0.25) is 0 Å². The Morgan fingerprint density at radius 3 is 2.38 bits per heavy atom. The van der Waals surface area contributed by atoms with E-state index in [4.69, 9.17) is 0 Å². The van der Waals surface area contributed by atoms with E-state index in [1.165, 1.54) is 43.2 Å². The molecule has 0 bridgehead atoms. The summed E-state index contributed by atoms with van der Waals surface area (Å²) in [6, 6.07) is 9.71. The van der Waals surface area contributed by atoms with Gasteiger partial charge in [0.15, 0.2) is 0 Å². The predicted molar refractivity (Wildman–Crippen MR) is 71.9 cm³/mol. The summed E-state index contributed by atoms with van der Waals surface area (Å²) in [5, 5.41) is 3.36. The molecular formula is C15H25N. The van der Waals surface area contributed by atoms with Crippen LogP contribution in [0.15, 0.2) is 24.3 Å². The van der Waals surface area contributed by atoms with Crippen LogP contribution in [0.5, 0.6) is 0 Å². The van der Waals surface area contributed by atoms with E-state index in [1.807, 2.05) is 0 Å². The maximum Gasteiger partial charge on any atom is 0.00646 e. The van der Waals surface area contributed by atoms with Crippen molar-refractivity contribution in [2.24, 2.45) is 0 Å². The van der Waals surface area contributed by atoms with Gasteiger partial charge in [0, 0.05) is 6.04 Å². The number of hydrogen-bond donors (Lipinski definition) is 1. The van der Waals surface area contributed by atoms with E-state index in [9.17, 15) is 0 Å². The SMILES string of the molecule is CCCc1cccc(CCC(CC)NC)c1. The summed E-state index contributed by atoms with van der Waals surface area (Å²) >= 11 is 0. The van der Waals surface area contributed by atoms with Crippen LogP contribution in [-0.2, 0) is 12.8 Å². The van der Waals surface area contributed by atoms with Crippen molar-refractivity contribution in [1.29, 1.82) is 0 Å². The van der Waals surface area contributed by atoms with Crippen molar-refractivity contribution in [3.8, 4) is 0 Å². The van der Waals surface area contributed by atoms with E-state index in [1.54, 1.807) is 0 Å². The highest BCUT2D eigenvalue weighted by Gasteiger charge is 2.03. The lowest BCUT2D eigenvalue weighted by Gasteiger charge is -2.13. The molecule has 16 heavy (non-hydrogen) atoms. The summed E-state index contributed by atoms with van der Waals surface area (Å²) in [6.07, 6.45) is 6.08. The number of hydrogen-bond acceptors (Lipinski definition) is 1. The first-order chi connectivity index (χ1) is 7.80. The van der Waals surface area contributed by atoms with E-state index in [2.05, 4.69) is 50.5 Å². The van der Waals surface area contributed by atoms with Crippen LogP contribution in [0.1, 0.15) is 44.2 Å². The quantitative estimate of drug-likeness (QED) is 0.739.